The molecule has 1 aromatic heterocycles. The predicted octanol–water partition coefficient (Wildman–Crippen LogP) is 1.16. The van der Waals surface area contributed by atoms with Gasteiger partial charge in [0.2, 0.25) is 5.91 Å². The summed E-state index contributed by atoms with van der Waals surface area (Å²) < 4.78 is 26.6. The van der Waals surface area contributed by atoms with Gasteiger partial charge < -0.3 is 5.32 Å². The van der Waals surface area contributed by atoms with Crippen molar-refractivity contribution in [3.05, 3.63) is 58.5 Å². The molecule has 0 bridgehead atoms. The van der Waals surface area contributed by atoms with Crippen LogP contribution < -0.4 is 10.9 Å². The van der Waals surface area contributed by atoms with Crippen molar-refractivity contribution >= 4 is 11.6 Å². The number of carbonyl (C=O) groups excluding carboxylic acids is 1. The lowest BCUT2D eigenvalue weighted by atomic mass is 10.3. The standard InChI is InChI=1S/C12H9F2N3O2/c13-9-4-3-8(6-10(9)14)16-11(18)7-17-12(19)2-1-5-15-17/h1-6H,7H2,(H,16,18). The second kappa shape index (κ2) is 5.38. The van der Waals surface area contributed by atoms with Gasteiger partial charge in [0.1, 0.15) is 6.54 Å². The molecule has 0 aliphatic rings. The summed E-state index contributed by atoms with van der Waals surface area (Å²) in [5.74, 6) is -2.63. The van der Waals surface area contributed by atoms with E-state index in [1.165, 1.54) is 24.4 Å². The molecule has 7 heteroatoms. The number of nitrogens with one attached hydrogen (secondary N) is 1. The van der Waals surface area contributed by atoms with E-state index in [1.54, 1.807) is 0 Å². The number of hydrogen-bond donors (Lipinski definition) is 1. The van der Waals surface area contributed by atoms with Crippen molar-refractivity contribution in [2.45, 2.75) is 6.54 Å². The molecule has 98 valence electrons. The molecule has 1 amide bonds. The normalized spacial score (nSPS) is 10.2. The van der Waals surface area contributed by atoms with Crippen LogP contribution in [0.2, 0.25) is 0 Å². The summed E-state index contributed by atoms with van der Waals surface area (Å²) in [6, 6.07) is 5.69. The van der Waals surface area contributed by atoms with Crippen LogP contribution in [0.15, 0.2) is 41.3 Å². The molecule has 19 heavy (non-hydrogen) atoms. The molecule has 0 unspecified atom stereocenters. The third kappa shape index (κ3) is 3.21. The summed E-state index contributed by atoms with van der Waals surface area (Å²) in [5, 5.41) is 6.04. The zero-order chi connectivity index (χ0) is 13.8. The largest absolute Gasteiger partial charge is 0.324 e. The van der Waals surface area contributed by atoms with Crippen LogP contribution in [0.25, 0.3) is 0 Å². The average Bonchev–Trinajstić information content (AvgIpc) is 2.37. The Hall–Kier alpha value is -2.57. The highest BCUT2D eigenvalue weighted by atomic mass is 19.2. The monoisotopic (exact) mass is 265 g/mol. The molecule has 0 saturated carbocycles. The van der Waals surface area contributed by atoms with E-state index < -0.39 is 23.1 Å². The Labute approximate surface area is 106 Å². The zero-order valence-electron chi connectivity index (χ0n) is 9.64. The number of nitrogens with zero attached hydrogens (tertiary/aromatic N) is 2. The predicted molar refractivity (Wildman–Crippen MR) is 63.5 cm³/mol. The van der Waals surface area contributed by atoms with Gasteiger partial charge in [0.15, 0.2) is 11.6 Å². The van der Waals surface area contributed by atoms with Crippen LogP contribution in [0.4, 0.5) is 14.5 Å². The van der Waals surface area contributed by atoms with Crippen molar-refractivity contribution in [3.8, 4) is 0 Å². The number of hydrogen-bond acceptors (Lipinski definition) is 3. The van der Waals surface area contributed by atoms with Crippen molar-refractivity contribution < 1.29 is 13.6 Å². The van der Waals surface area contributed by atoms with E-state index in [1.807, 2.05) is 0 Å². The van der Waals surface area contributed by atoms with Crippen molar-refractivity contribution in [3.63, 3.8) is 0 Å². The van der Waals surface area contributed by atoms with E-state index >= 15 is 0 Å². The van der Waals surface area contributed by atoms with Gasteiger partial charge in [-0.25, -0.2) is 13.5 Å². The molecular weight excluding hydrogens is 256 g/mol. The molecule has 0 spiro atoms. The molecule has 0 saturated heterocycles. The first kappa shape index (κ1) is 12.9. The maximum atomic E-state index is 12.9. The number of amides is 1. The Morgan fingerprint density at radius 2 is 2.05 bits per heavy atom. The maximum absolute atomic E-state index is 12.9. The summed E-state index contributed by atoms with van der Waals surface area (Å²) in [7, 11) is 0. The van der Waals surface area contributed by atoms with Crippen LogP contribution >= 0.6 is 0 Å². The molecule has 0 aliphatic heterocycles. The molecule has 0 radical (unpaired) electrons. The summed E-state index contributed by atoms with van der Waals surface area (Å²) in [6.45, 7) is -0.307. The van der Waals surface area contributed by atoms with E-state index in [-0.39, 0.29) is 12.2 Å². The fourth-order valence-electron chi connectivity index (χ4n) is 1.42. The second-order valence-corrected chi connectivity index (χ2v) is 3.70. The van der Waals surface area contributed by atoms with E-state index in [4.69, 9.17) is 0 Å². The highest BCUT2D eigenvalue weighted by Gasteiger charge is 2.08. The number of halogens is 2. The molecule has 0 aliphatic carbocycles. The molecule has 2 rings (SSSR count). The summed E-state index contributed by atoms with van der Waals surface area (Å²) >= 11 is 0. The molecule has 5 nitrogen and oxygen atoms in total. The zero-order valence-corrected chi connectivity index (χ0v) is 9.64. The Morgan fingerprint density at radius 3 is 2.74 bits per heavy atom. The van der Waals surface area contributed by atoms with E-state index in [0.29, 0.717) is 0 Å². The fourth-order valence-corrected chi connectivity index (χ4v) is 1.42. The highest BCUT2D eigenvalue weighted by Crippen LogP contribution is 2.12. The maximum Gasteiger partial charge on any atom is 0.267 e. The minimum absolute atomic E-state index is 0.105. The van der Waals surface area contributed by atoms with Gasteiger partial charge in [-0.15, -0.1) is 0 Å². The van der Waals surface area contributed by atoms with Gasteiger partial charge in [0.05, 0.1) is 0 Å². The third-order valence-corrected chi connectivity index (χ3v) is 2.28. The first-order chi connectivity index (χ1) is 9.06. The highest BCUT2D eigenvalue weighted by molar-refractivity contribution is 5.90. The quantitative estimate of drug-likeness (QED) is 0.905. The summed E-state index contributed by atoms with van der Waals surface area (Å²) in [5.41, 5.74) is -0.323. The van der Waals surface area contributed by atoms with Crippen LogP contribution in [-0.4, -0.2) is 15.7 Å². The van der Waals surface area contributed by atoms with Crippen molar-refractivity contribution in [1.82, 2.24) is 9.78 Å². The van der Waals surface area contributed by atoms with Gasteiger partial charge >= 0.3 is 0 Å². The average molecular weight is 265 g/mol. The number of benzene rings is 1. The number of rotatable bonds is 3. The Bertz CT molecular complexity index is 670. The Balaban J connectivity index is 2.08. The first-order valence-corrected chi connectivity index (χ1v) is 5.33. The van der Waals surface area contributed by atoms with E-state index in [0.717, 1.165) is 16.8 Å². The Kier molecular flexibility index (Phi) is 3.65. The lowest BCUT2D eigenvalue weighted by molar-refractivity contribution is -0.117. The SMILES string of the molecule is O=C(Cn1ncccc1=O)Nc1ccc(F)c(F)c1. The smallest absolute Gasteiger partial charge is 0.267 e. The molecule has 0 fully saturated rings. The number of aromatic nitrogens is 2. The van der Waals surface area contributed by atoms with Gasteiger partial charge in [-0.05, 0) is 18.2 Å². The van der Waals surface area contributed by atoms with Crippen LogP contribution in [0.3, 0.4) is 0 Å². The molecule has 1 aromatic carbocycles. The number of carbonyl (C=O) groups is 1. The third-order valence-electron chi connectivity index (χ3n) is 2.28. The fraction of sp³-hybridized carbons (Fsp3) is 0.0833. The van der Waals surface area contributed by atoms with E-state index in [2.05, 4.69) is 10.4 Å². The molecule has 2 aromatic rings. The van der Waals surface area contributed by atoms with Crippen LogP contribution in [0.5, 0.6) is 0 Å². The van der Waals surface area contributed by atoms with Crippen molar-refractivity contribution in [2.24, 2.45) is 0 Å². The minimum atomic E-state index is -1.06. The Morgan fingerprint density at radius 1 is 1.26 bits per heavy atom. The van der Waals surface area contributed by atoms with Crippen molar-refractivity contribution in [1.29, 1.82) is 0 Å². The lowest BCUT2D eigenvalue weighted by Gasteiger charge is -2.06. The van der Waals surface area contributed by atoms with Crippen LogP contribution in [0.1, 0.15) is 0 Å². The summed E-state index contributed by atoms with van der Waals surface area (Å²) in [4.78, 5) is 22.9. The van der Waals surface area contributed by atoms with Gasteiger partial charge in [0, 0.05) is 24.0 Å². The first-order valence-electron chi connectivity index (χ1n) is 5.33. The molecule has 1 N–H and O–H groups in total. The van der Waals surface area contributed by atoms with Crippen LogP contribution in [-0.2, 0) is 11.3 Å². The van der Waals surface area contributed by atoms with Gasteiger partial charge in [-0.3, -0.25) is 9.59 Å². The molecular formula is C12H9F2N3O2. The molecule has 0 atom stereocenters. The van der Waals surface area contributed by atoms with Gasteiger partial charge in [-0.2, -0.15) is 5.10 Å². The lowest BCUT2D eigenvalue weighted by Crippen LogP contribution is -2.28. The van der Waals surface area contributed by atoms with Crippen LogP contribution in [0, 0.1) is 11.6 Å². The topological polar surface area (TPSA) is 64.0 Å². The number of anilines is 1. The van der Waals surface area contributed by atoms with Gasteiger partial charge in [-0.1, -0.05) is 0 Å². The molecule has 1 heterocycles. The van der Waals surface area contributed by atoms with E-state index in [9.17, 15) is 18.4 Å². The second-order valence-electron chi connectivity index (χ2n) is 3.70. The summed E-state index contributed by atoms with van der Waals surface area (Å²) in [6.07, 6.45) is 1.37. The van der Waals surface area contributed by atoms with Crippen molar-refractivity contribution in [2.75, 3.05) is 5.32 Å². The minimum Gasteiger partial charge on any atom is -0.324 e. The van der Waals surface area contributed by atoms with Gasteiger partial charge in [0.25, 0.3) is 5.56 Å².